The number of sulfone groups is 1. The Hall–Kier alpha value is -1.40. The van der Waals surface area contributed by atoms with E-state index in [2.05, 4.69) is 19.2 Å². The van der Waals surface area contributed by atoms with Crippen molar-refractivity contribution in [3.63, 3.8) is 0 Å². The van der Waals surface area contributed by atoms with Gasteiger partial charge < -0.3 is 10.1 Å². The van der Waals surface area contributed by atoms with E-state index >= 15 is 0 Å². The van der Waals surface area contributed by atoms with Crippen molar-refractivity contribution >= 4 is 15.7 Å². The summed E-state index contributed by atoms with van der Waals surface area (Å²) in [4.78, 5) is 12.0. The molecule has 6 heteroatoms. The van der Waals surface area contributed by atoms with E-state index < -0.39 is 9.84 Å². The Labute approximate surface area is 139 Å². The van der Waals surface area contributed by atoms with Gasteiger partial charge in [-0.3, -0.25) is 4.79 Å². The van der Waals surface area contributed by atoms with Gasteiger partial charge in [-0.05, 0) is 31.4 Å². The fourth-order valence-corrected chi connectivity index (χ4v) is 3.14. The second-order valence-corrected chi connectivity index (χ2v) is 8.16. The molecular formula is C17H27NO4S. The summed E-state index contributed by atoms with van der Waals surface area (Å²) < 4.78 is 29.7. The number of aryl methyl sites for hydroxylation is 1. The topological polar surface area (TPSA) is 72.5 Å². The zero-order valence-electron chi connectivity index (χ0n) is 14.2. The highest BCUT2D eigenvalue weighted by molar-refractivity contribution is 7.91. The molecule has 1 rings (SSSR count). The molecule has 1 amide bonds. The number of hydrogen-bond donors (Lipinski definition) is 1. The normalized spacial score (nSPS) is 11.7. The molecule has 0 bridgehead atoms. The summed E-state index contributed by atoms with van der Waals surface area (Å²) >= 11 is 0. The van der Waals surface area contributed by atoms with Gasteiger partial charge in [0.25, 0.3) is 0 Å². The number of carbonyl (C=O) groups excluding carboxylic acids is 1. The van der Waals surface area contributed by atoms with Crippen molar-refractivity contribution in [3.8, 4) is 0 Å². The second-order valence-electron chi connectivity index (χ2n) is 6.05. The average Bonchev–Trinajstić information content (AvgIpc) is 2.49. The van der Waals surface area contributed by atoms with Crippen molar-refractivity contribution in [2.24, 2.45) is 5.92 Å². The zero-order chi connectivity index (χ0) is 17.3. The van der Waals surface area contributed by atoms with Gasteiger partial charge in [-0.15, -0.1) is 0 Å². The lowest BCUT2D eigenvalue weighted by Gasteiger charge is -2.08. The number of amides is 1. The van der Waals surface area contributed by atoms with Crippen LogP contribution in [0.1, 0.15) is 32.3 Å². The Morgan fingerprint density at radius 1 is 1.22 bits per heavy atom. The molecule has 5 nitrogen and oxygen atoms in total. The number of ether oxygens (including phenoxy) is 1. The quantitative estimate of drug-likeness (QED) is 0.663. The third-order valence-electron chi connectivity index (χ3n) is 3.22. The monoisotopic (exact) mass is 341 g/mol. The minimum Gasteiger partial charge on any atom is -0.381 e. The number of benzene rings is 1. The van der Waals surface area contributed by atoms with Crippen molar-refractivity contribution in [2.45, 2.75) is 38.5 Å². The summed E-state index contributed by atoms with van der Waals surface area (Å²) in [6, 6.07) is 6.66. The molecule has 0 radical (unpaired) electrons. The number of carbonyl (C=O) groups is 1. The Morgan fingerprint density at radius 3 is 2.48 bits per heavy atom. The highest BCUT2D eigenvalue weighted by Gasteiger charge is 2.16. The molecule has 0 aliphatic heterocycles. The van der Waals surface area contributed by atoms with E-state index in [4.69, 9.17) is 4.74 Å². The van der Waals surface area contributed by atoms with Crippen LogP contribution in [0.2, 0.25) is 0 Å². The van der Waals surface area contributed by atoms with Crippen molar-refractivity contribution in [1.29, 1.82) is 0 Å². The molecule has 0 spiro atoms. The predicted molar refractivity (Wildman–Crippen MR) is 91.1 cm³/mol. The molecule has 1 N–H and O–H groups in total. The molecule has 0 aromatic heterocycles. The molecule has 1 aromatic carbocycles. The highest BCUT2D eigenvalue weighted by atomic mass is 32.2. The first-order chi connectivity index (χ1) is 10.8. The Kier molecular flexibility index (Phi) is 8.26. The Balaban J connectivity index is 2.26. The lowest BCUT2D eigenvalue weighted by Crippen LogP contribution is -2.27. The third kappa shape index (κ3) is 8.13. The molecule has 130 valence electrons. The van der Waals surface area contributed by atoms with Crippen LogP contribution >= 0.6 is 0 Å². The average molecular weight is 341 g/mol. The summed E-state index contributed by atoms with van der Waals surface area (Å²) in [5, 5.41) is 2.72. The molecule has 0 atom stereocenters. The second kappa shape index (κ2) is 9.67. The van der Waals surface area contributed by atoms with Crippen molar-refractivity contribution < 1.29 is 17.9 Å². The fraction of sp³-hybridized carbons (Fsp3) is 0.588. The van der Waals surface area contributed by atoms with Crippen LogP contribution in [-0.2, 0) is 19.4 Å². The summed E-state index contributed by atoms with van der Waals surface area (Å²) in [6.45, 7) is 7.87. The van der Waals surface area contributed by atoms with Crippen LogP contribution in [0.15, 0.2) is 29.2 Å². The molecule has 0 aliphatic rings. The first-order valence-electron chi connectivity index (χ1n) is 7.95. The van der Waals surface area contributed by atoms with E-state index in [-0.39, 0.29) is 23.0 Å². The first kappa shape index (κ1) is 19.6. The van der Waals surface area contributed by atoms with Crippen molar-refractivity contribution in [1.82, 2.24) is 5.32 Å². The lowest BCUT2D eigenvalue weighted by atomic mass is 10.2. The van der Waals surface area contributed by atoms with E-state index in [0.717, 1.165) is 12.0 Å². The van der Waals surface area contributed by atoms with Gasteiger partial charge in [0.1, 0.15) is 0 Å². The van der Waals surface area contributed by atoms with Crippen LogP contribution in [0.4, 0.5) is 0 Å². The maximum Gasteiger partial charge on any atom is 0.221 e. The Bertz CT molecular complexity index is 579. The highest BCUT2D eigenvalue weighted by Crippen LogP contribution is 2.12. The van der Waals surface area contributed by atoms with Crippen LogP contribution in [0.3, 0.4) is 0 Å². The maximum atomic E-state index is 12.1. The number of nitrogens with one attached hydrogen (secondary N) is 1. The van der Waals surface area contributed by atoms with Crippen LogP contribution in [0, 0.1) is 12.8 Å². The van der Waals surface area contributed by atoms with Crippen LogP contribution < -0.4 is 5.32 Å². The van der Waals surface area contributed by atoms with Gasteiger partial charge in [0.2, 0.25) is 5.91 Å². The molecule has 0 saturated heterocycles. The fourth-order valence-electron chi connectivity index (χ4n) is 1.90. The predicted octanol–water partition coefficient (Wildman–Crippen LogP) is 2.34. The molecule has 1 aromatic rings. The van der Waals surface area contributed by atoms with Crippen molar-refractivity contribution in [2.75, 3.05) is 25.5 Å². The maximum absolute atomic E-state index is 12.1. The van der Waals surface area contributed by atoms with Gasteiger partial charge in [-0.2, -0.15) is 0 Å². The third-order valence-corrected chi connectivity index (χ3v) is 4.95. The summed E-state index contributed by atoms with van der Waals surface area (Å²) in [5.41, 5.74) is 1.00. The standard InChI is InChI=1S/C17H27NO4S/c1-14(2)13-22-11-4-10-18-17(19)9-12-23(20,21)16-7-5-15(3)6-8-16/h5-8,14H,4,9-13H2,1-3H3,(H,18,19). The largest absolute Gasteiger partial charge is 0.381 e. The summed E-state index contributed by atoms with van der Waals surface area (Å²) in [6.07, 6.45) is 0.701. The number of rotatable bonds is 10. The lowest BCUT2D eigenvalue weighted by molar-refractivity contribution is -0.120. The molecule has 23 heavy (non-hydrogen) atoms. The van der Waals surface area contributed by atoms with E-state index in [0.29, 0.717) is 25.7 Å². The minimum absolute atomic E-state index is 0.0247. The summed E-state index contributed by atoms with van der Waals surface area (Å²) in [5.74, 6) is 0.0762. The molecule has 0 fully saturated rings. The smallest absolute Gasteiger partial charge is 0.221 e. The SMILES string of the molecule is Cc1ccc(S(=O)(=O)CCC(=O)NCCCOCC(C)C)cc1. The van der Waals surface area contributed by atoms with Crippen LogP contribution in [0.25, 0.3) is 0 Å². The van der Waals surface area contributed by atoms with Crippen LogP contribution in [0.5, 0.6) is 0 Å². The van der Waals surface area contributed by atoms with E-state index in [1.165, 1.54) is 0 Å². The molecule has 0 unspecified atom stereocenters. The van der Waals surface area contributed by atoms with Gasteiger partial charge >= 0.3 is 0 Å². The molecule has 0 heterocycles. The van der Waals surface area contributed by atoms with Crippen LogP contribution in [-0.4, -0.2) is 39.8 Å². The molecular weight excluding hydrogens is 314 g/mol. The molecule has 0 aliphatic carbocycles. The summed E-state index contributed by atoms with van der Waals surface area (Å²) in [7, 11) is -3.41. The van der Waals surface area contributed by atoms with Gasteiger partial charge in [0, 0.05) is 26.2 Å². The first-order valence-corrected chi connectivity index (χ1v) is 9.60. The minimum atomic E-state index is -3.41. The van der Waals surface area contributed by atoms with E-state index in [9.17, 15) is 13.2 Å². The van der Waals surface area contributed by atoms with Gasteiger partial charge in [-0.25, -0.2) is 8.42 Å². The van der Waals surface area contributed by atoms with Gasteiger partial charge in [0.15, 0.2) is 9.84 Å². The Morgan fingerprint density at radius 2 is 1.87 bits per heavy atom. The zero-order valence-corrected chi connectivity index (χ0v) is 15.0. The van der Waals surface area contributed by atoms with Gasteiger partial charge in [0.05, 0.1) is 10.6 Å². The number of hydrogen-bond acceptors (Lipinski definition) is 4. The van der Waals surface area contributed by atoms with E-state index in [1.807, 2.05) is 6.92 Å². The van der Waals surface area contributed by atoms with Gasteiger partial charge in [-0.1, -0.05) is 31.5 Å². The van der Waals surface area contributed by atoms with E-state index in [1.54, 1.807) is 24.3 Å². The van der Waals surface area contributed by atoms with Crippen molar-refractivity contribution in [3.05, 3.63) is 29.8 Å². The molecule has 0 saturated carbocycles.